The van der Waals surface area contributed by atoms with Gasteiger partial charge in [-0.3, -0.25) is 9.78 Å². The Balaban J connectivity index is 1.59. The van der Waals surface area contributed by atoms with Crippen LogP contribution in [0.4, 0.5) is 5.82 Å². The molecule has 0 spiro atoms. The standard InChI is InChI=1S/C22H26N4O/c1-22(2,3)19-9-6-18(7-10-19)16-26-20(12-14-24-26)25-21(27)11-8-17-5-4-13-23-15-17/h4-7,9-10,12-15H,8,11,16H2,1-3H3,(H,25,27). The smallest absolute Gasteiger partial charge is 0.225 e. The second-order valence-corrected chi connectivity index (χ2v) is 7.73. The second-order valence-electron chi connectivity index (χ2n) is 7.73. The molecule has 2 aromatic heterocycles. The highest BCUT2D eigenvalue weighted by Gasteiger charge is 2.13. The third-order valence-electron chi connectivity index (χ3n) is 4.50. The molecule has 1 N–H and O–H groups in total. The first-order valence-electron chi connectivity index (χ1n) is 9.22. The molecule has 3 rings (SSSR count). The van der Waals surface area contributed by atoms with Crippen LogP contribution >= 0.6 is 0 Å². The fourth-order valence-electron chi connectivity index (χ4n) is 2.86. The molecule has 0 radical (unpaired) electrons. The molecule has 0 saturated carbocycles. The largest absolute Gasteiger partial charge is 0.311 e. The number of nitrogens with zero attached hydrogens (tertiary/aromatic N) is 3. The minimum Gasteiger partial charge on any atom is -0.311 e. The number of carbonyl (C=O) groups excluding carboxylic acids is 1. The predicted molar refractivity (Wildman–Crippen MR) is 108 cm³/mol. The van der Waals surface area contributed by atoms with Crippen LogP contribution in [0.1, 0.15) is 43.9 Å². The predicted octanol–water partition coefficient (Wildman–Crippen LogP) is 4.20. The zero-order valence-corrected chi connectivity index (χ0v) is 16.1. The lowest BCUT2D eigenvalue weighted by Crippen LogP contribution is -2.16. The fraction of sp³-hybridized carbons (Fsp3) is 0.318. The Kier molecular flexibility index (Phi) is 5.69. The molecule has 3 aromatic rings. The van der Waals surface area contributed by atoms with Crippen molar-refractivity contribution in [3.05, 3.63) is 77.7 Å². The summed E-state index contributed by atoms with van der Waals surface area (Å²) in [5.41, 5.74) is 3.64. The summed E-state index contributed by atoms with van der Waals surface area (Å²) in [6, 6.07) is 14.2. The average molecular weight is 362 g/mol. The van der Waals surface area contributed by atoms with Gasteiger partial charge in [0, 0.05) is 24.9 Å². The number of aryl methyl sites for hydroxylation is 1. The van der Waals surface area contributed by atoms with E-state index >= 15 is 0 Å². The summed E-state index contributed by atoms with van der Waals surface area (Å²) in [7, 11) is 0. The summed E-state index contributed by atoms with van der Waals surface area (Å²) in [5.74, 6) is 0.690. The van der Waals surface area contributed by atoms with E-state index in [4.69, 9.17) is 0 Å². The van der Waals surface area contributed by atoms with E-state index in [1.807, 2.05) is 22.9 Å². The number of anilines is 1. The molecule has 140 valence electrons. The molecule has 0 aliphatic carbocycles. The van der Waals surface area contributed by atoms with Gasteiger partial charge < -0.3 is 5.32 Å². The van der Waals surface area contributed by atoms with Crippen LogP contribution in [0.2, 0.25) is 0 Å². The summed E-state index contributed by atoms with van der Waals surface area (Å²) in [4.78, 5) is 16.3. The van der Waals surface area contributed by atoms with Crippen LogP contribution in [0.15, 0.2) is 61.1 Å². The fourth-order valence-corrected chi connectivity index (χ4v) is 2.86. The molecule has 0 fully saturated rings. The topological polar surface area (TPSA) is 59.8 Å². The second kappa shape index (κ2) is 8.16. The van der Waals surface area contributed by atoms with Gasteiger partial charge >= 0.3 is 0 Å². The first kappa shape index (κ1) is 18.8. The maximum absolute atomic E-state index is 12.3. The van der Waals surface area contributed by atoms with Gasteiger partial charge in [-0.25, -0.2) is 4.68 Å². The van der Waals surface area contributed by atoms with Gasteiger partial charge in [0.2, 0.25) is 5.91 Å². The minimum absolute atomic E-state index is 0.0244. The summed E-state index contributed by atoms with van der Waals surface area (Å²) in [6.07, 6.45) is 6.31. The SMILES string of the molecule is CC(C)(C)c1ccc(Cn2nccc2NC(=O)CCc2cccnc2)cc1. The number of nitrogens with one attached hydrogen (secondary N) is 1. The maximum atomic E-state index is 12.3. The highest BCUT2D eigenvalue weighted by atomic mass is 16.1. The van der Waals surface area contributed by atoms with E-state index in [9.17, 15) is 4.79 Å². The molecule has 5 heteroatoms. The molecule has 0 bridgehead atoms. The van der Waals surface area contributed by atoms with E-state index in [1.165, 1.54) is 5.56 Å². The van der Waals surface area contributed by atoms with E-state index in [-0.39, 0.29) is 11.3 Å². The molecular weight excluding hydrogens is 336 g/mol. The molecule has 5 nitrogen and oxygen atoms in total. The van der Waals surface area contributed by atoms with Gasteiger partial charge in [-0.2, -0.15) is 5.10 Å². The first-order chi connectivity index (χ1) is 12.9. The molecule has 0 unspecified atom stereocenters. The average Bonchev–Trinajstić information content (AvgIpc) is 3.07. The molecule has 1 aromatic carbocycles. The zero-order chi connectivity index (χ0) is 19.3. The molecule has 27 heavy (non-hydrogen) atoms. The first-order valence-corrected chi connectivity index (χ1v) is 9.22. The Morgan fingerprint density at radius 2 is 1.81 bits per heavy atom. The number of hydrogen-bond donors (Lipinski definition) is 1. The van der Waals surface area contributed by atoms with Gasteiger partial charge in [-0.05, 0) is 34.6 Å². The highest BCUT2D eigenvalue weighted by Crippen LogP contribution is 2.22. The molecular formula is C22H26N4O. The van der Waals surface area contributed by atoms with Crippen LogP contribution in [0.5, 0.6) is 0 Å². The number of benzene rings is 1. The van der Waals surface area contributed by atoms with Crippen molar-refractivity contribution in [1.29, 1.82) is 0 Å². The Hall–Kier alpha value is -2.95. The van der Waals surface area contributed by atoms with Crippen LogP contribution in [-0.4, -0.2) is 20.7 Å². The zero-order valence-electron chi connectivity index (χ0n) is 16.1. The molecule has 0 aliphatic rings. The molecule has 0 aliphatic heterocycles. The van der Waals surface area contributed by atoms with E-state index in [2.05, 4.69) is 60.4 Å². The Morgan fingerprint density at radius 3 is 2.48 bits per heavy atom. The van der Waals surface area contributed by atoms with Gasteiger partial charge in [-0.15, -0.1) is 0 Å². The van der Waals surface area contributed by atoms with Gasteiger partial charge in [0.1, 0.15) is 5.82 Å². The van der Waals surface area contributed by atoms with Crippen LogP contribution in [0.3, 0.4) is 0 Å². The van der Waals surface area contributed by atoms with Crippen LogP contribution in [0.25, 0.3) is 0 Å². The quantitative estimate of drug-likeness (QED) is 0.715. The third kappa shape index (κ3) is 5.26. The Bertz CT molecular complexity index is 877. The van der Waals surface area contributed by atoms with E-state index < -0.39 is 0 Å². The Morgan fingerprint density at radius 1 is 1.04 bits per heavy atom. The minimum atomic E-state index is -0.0244. The van der Waals surface area contributed by atoms with Crippen molar-refractivity contribution in [2.75, 3.05) is 5.32 Å². The lowest BCUT2D eigenvalue weighted by molar-refractivity contribution is -0.116. The van der Waals surface area contributed by atoms with Crippen molar-refractivity contribution < 1.29 is 4.79 Å². The summed E-state index contributed by atoms with van der Waals surface area (Å²) in [6.45, 7) is 7.23. The number of carbonyl (C=O) groups is 1. The molecule has 1 amide bonds. The van der Waals surface area contributed by atoms with E-state index in [0.29, 0.717) is 25.2 Å². The lowest BCUT2D eigenvalue weighted by atomic mass is 9.87. The van der Waals surface area contributed by atoms with Gasteiger partial charge in [-0.1, -0.05) is 51.1 Å². The monoisotopic (exact) mass is 362 g/mol. The molecule has 0 atom stereocenters. The molecule has 0 saturated heterocycles. The number of rotatable bonds is 6. The van der Waals surface area contributed by atoms with Gasteiger partial charge in [0.25, 0.3) is 0 Å². The number of aromatic nitrogens is 3. The van der Waals surface area contributed by atoms with Crippen molar-refractivity contribution in [1.82, 2.24) is 14.8 Å². The van der Waals surface area contributed by atoms with Crippen molar-refractivity contribution in [3.63, 3.8) is 0 Å². The molecule has 2 heterocycles. The van der Waals surface area contributed by atoms with Crippen molar-refractivity contribution >= 4 is 11.7 Å². The summed E-state index contributed by atoms with van der Waals surface area (Å²) >= 11 is 0. The number of pyridine rings is 1. The van der Waals surface area contributed by atoms with Crippen molar-refractivity contribution in [3.8, 4) is 0 Å². The van der Waals surface area contributed by atoms with Gasteiger partial charge in [0.15, 0.2) is 0 Å². The van der Waals surface area contributed by atoms with Crippen molar-refractivity contribution in [2.24, 2.45) is 0 Å². The number of amides is 1. The van der Waals surface area contributed by atoms with Crippen LogP contribution in [0, 0.1) is 0 Å². The van der Waals surface area contributed by atoms with E-state index in [1.54, 1.807) is 18.6 Å². The van der Waals surface area contributed by atoms with Crippen LogP contribution < -0.4 is 5.32 Å². The number of hydrogen-bond acceptors (Lipinski definition) is 3. The Labute approximate surface area is 160 Å². The van der Waals surface area contributed by atoms with Crippen LogP contribution in [-0.2, 0) is 23.2 Å². The van der Waals surface area contributed by atoms with E-state index in [0.717, 1.165) is 11.1 Å². The third-order valence-corrected chi connectivity index (χ3v) is 4.50. The summed E-state index contributed by atoms with van der Waals surface area (Å²) in [5, 5.41) is 7.30. The van der Waals surface area contributed by atoms with Crippen molar-refractivity contribution in [2.45, 2.75) is 45.6 Å². The lowest BCUT2D eigenvalue weighted by Gasteiger charge is -2.19. The maximum Gasteiger partial charge on any atom is 0.225 e. The summed E-state index contributed by atoms with van der Waals surface area (Å²) < 4.78 is 1.81. The normalized spacial score (nSPS) is 11.4. The van der Waals surface area contributed by atoms with Gasteiger partial charge in [0.05, 0.1) is 12.7 Å². The highest BCUT2D eigenvalue weighted by molar-refractivity contribution is 5.89.